The molecule has 0 amide bonds. The maximum atomic E-state index is 12.9. The predicted octanol–water partition coefficient (Wildman–Crippen LogP) is 6.46. The molecule has 2 aliphatic rings. The van der Waals surface area contributed by atoms with E-state index in [-0.39, 0.29) is 16.3 Å². The molecule has 0 bridgehead atoms. The number of aryl methyl sites for hydroxylation is 2. The number of sulfonamides is 1. The summed E-state index contributed by atoms with van der Waals surface area (Å²) in [4.78, 5) is 11.7. The standard InChI is InChI=1S/C33H40F3N7O2S2/c1-22-23(4-5-29-27(22)16-25(19-37)43(29)15-10-32(2)8-13-42(14-9-32)47(3,44)45)20-41-11-6-24(7-12-41)40-30-28-17-26(18-33(34,35)36)46-31(28)39-21-38-30/h4-5,16-17,21,24H,6-15,18,20H2,1-3H3,(H,38,39,40). The van der Waals surface area contributed by atoms with E-state index >= 15 is 0 Å². The van der Waals surface area contributed by atoms with E-state index in [1.54, 1.807) is 10.4 Å². The lowest BCUT2D eigenvalue weighted by molar-refractivity contribution is -0.126. The third kappa shape index (κ3) is 7.58. The number of alkyl halides is 3. The van der Waals surface area contributed by atoms with Crippen molar-refractivity contribution >= 4 is 48.3 Å². The number of aromatic nitrogens is 3. The highest BCUT2D eigenvalue weighted by molar-refractivity contribution is 7.88. The molecule has 0 aliphatic carbocycles. The van der Waals surface area contributed by atoms with Gasteiger partial charge in [-0.05, 0) is 73.8 Å². The lowest BCUT2D eigenvalue weighted by Gasteiger charge is -2.38. The van der Waals surface area contributed by atoms with Crippen LogP contribution in [0.3, 0.4) is 0 Å². The molecular weight excluding hydrogens is 648 g/mol. The Morgan fingerprint density at radius 3 is 2.49 bits per heavy atom. The Morgan fingerprint density at radius 1 is 1.11 bits per heavy atom. The fraction of sp³-hybridized carbons (Fsp3) is 0.545. The summed E-state index contributed by atoms with van der Waals surface area (Å²) < 4.78 is 66.4. The molecule has 1 N–H and O–H groups in total. The van der Waals surface area contributed by atoms with E-state index < -0.39 is 22.6 Å². The zero-order valence-corrected chi connectivity index (χ0v) is 28.5. The number of likely N-dealkylation sites (tertiary alicyclic amines) is 1. The molecule has 2 fully saturated rings. The summed E-state index contributed by atoms with van der Waals surface area (Å²) in [7, 11) is -3.18. The summed E-state index contributed by atoms with van der Waals surface area (Å²) in [6.45, 7) is 8.64. The number of nitriles is 1. The van der Waals surface area contributed by atoms with Crippen LogP contribution in [0.2, 0.25) is 0 Å². The van der Waals surface area contributed by atoms with Crippen LogP contribution in [0.4, 0.5) is 19.0 Å². The van der Waals surface area contributed by atoms with E-state index in [9.17, 15) is 26.9 Å². The largest absolute Gasteiger partial charge is 0.393 e. The molecule has 14 heteroatoms. The normalized spacial score (nSPS) is 18.6. The number of piperidine rings is 2. The molecule has 2 aliphatic heterocycles. The minimum absolute atomic E-state index is 0.0136. The zero-order chi connectivity index (χ0) is 33.6. The Balaban J connectivity index is 1.08. The molecule has 9 nitrogen and oxygen atoms in total. The van der Waals surface area contributed by atoms with Gasteiger partial charge in [0.25, 0.3) is 0 Å². The monoisotopic (exact) mass is 687 g/mol. The molecule has 2 saturated heterocycles. The number of benzene rings is 1. The van der Waals surface area contributed by atoms with Gasteiger partial charge in [-0.1, -0.05) is 13.0 Å². The zero-order valence-electron chi connectivity index (χ0n) is 26.9. The van der Waals surface area contributed by atoms with Gasteiger partial charge in [-0.15, -0.1) is 11.3 Å². The lowest BCUT2D eigenvalue weighted by Crippen LogP contribution is -2.41. The SMILES string of the molecule is Cc1c(CN2CCC(Nc3ncnc4sc(CC(F)(F)F)cc34)CC2)ccc2c1cc(C#N)n2CCC1(C)CCN(S(C)(=O)=O)CC1. The summed E-state index contributed by atoms with van der Waals surface area (Å²) in [5.41, 5.74) is 4.09. The van der Waals surface area contributed by atoms with Crippen LogP contribution in [-0.2, 0) is 29.5 Å². The Hall–Kier alpha value is -3.25. The number of hydrogen-bond acceptors (Lipinski definition) is 8. The number of nitrogens with one attached hydrogen (secondary N) is 1. The Labute approximate surface area is 277 Å². The first-order valence-electron chi connectivity index (χ1n) is 16.0. The molecule has 0 spiro atoms. The molecule has 4 aromatic rings. The van der Waals surface area contributed by atoms with Gasteiger partial charge in [0.1, 0.15) is 28.7 Å². The lowest BCUT2D eigenvalue weighted by atomic mass is 9.78. The van der Waals surface area contributed by atoms with E-state index in [1.807, 2.05) is 6.07 Å². The Morgan fingerprint density at radius 2 is 1.83 bits per heavy atom. The third-order valence-electron chi connectivity index (χ3n) is 10.00. The summed E-state index contributed by atoms with van der Waals surface area (Å²) in [6, 6.07) is 10.4. The number of rotatable bonds is 9. The van der Waals surface area contributed by atoms with Crippen LogP contribution < -0.4 is 5.32 Å². The first kappa shape index (κ1) is 33.6. The molecule has 0 radical (unpaired) electrons. The molecule has 0 unspecified atom stereocenters. The molecule has 0 atom stereocenters. The number of fused-ring (bicyclic) bond motifs is 2. The minimum Gasteiger partial charge on any atom is -0.367 e. The van der Waals surface area contributed by atoms with Gasteiger partial charge in [-0.2, -0.15) is 18.4 Å². The van der Waals surface area contributed by atoms with Crippen molar-refractivity contribution in [2.45, 2.75) is 77.7 Å². The summed E-state index contributed by atoms with van der Waals surface area (Å²) in [5.74, 6) is 0.589. The van der Waals surface area contributed by atoms with Gasteiger partial charge in [0.2, 0.25) is 10.0 Å². The summed E-state index contributed by atoms with van der Waals surface area (Å²) >= 11 is 1.06. The highest BCUT2D eigenvalue weighted by Crippen LogP contribution is 2.37. The molecule has 47 heavy (non-hydrogen) atoms. The molecule has 5 heterocycles. The smallest absolute Gasteiger partial charge is 0.367 e. The van der Waals surface area contributed by atoms with Crippen molar-refractivity contribution < 1.29 is 21.6 Å². The van der Waals surface area contributed by atoms with Gasteiger partial charge in [-0.3, -0.25) is 4.90 Å². The van der Waals surface area contributed by atoms with Crippen LogP contribution >= 0.6 is 11.3 Å². The fourth-order valence-electron chi connectivity index (χ4n) is 6.99. The molecule has 0 saturated carbocycles. The van der Waals surface area contributed by atoms with Crippen molar-refractivity contribution in [3.05, 3.63) is 52.3 Å². The number of halogens is 3. The van der Waals surface area contributed by atoms with Crippen LogP contribution in [0, 0.1) is 23.7 Å². The van der Waals surface area contributed by atoms with Crippen LogP contribution in [0.25, 0.3) is 21.1 Å². The van der Waals surface area contributed by atoms with Gasteiger partial charge < -0.3 is 9.88 Å². The third-order valence-corrected chi connectivity index (χ3v) is 12.3. The average molecular weight is 688 g/mol. The van der Waals surface area contributed by atoms with Crippen LogP contribution in [0.5, 0.6) is 0 Å². The average Bonchev–Trinajstić information content (AvgIpc) is 3.58. The van der Waals surface area contributed by atoms with E-state index in [2.05, 4.69) is 56.8 Å². The number of nitrogens with zero attached hydrogens (tertiary/aromatic N) is 6. The van der Waals surface area contributed by atoms with Gasteiger partial charge >= 0.3 is 6.18 Å². The second kappa shape index (κ2) is 13.0. The van der Waals surface area contributed by atoms with Crippen LogP contribution in [0.1, 0.15) is 60.7 Å². The quantitative estimate of drug-likeness (QED) is 0.215. The molecular formula is C33H40F3N7O2S2. The first-order chi connectivity index (χ1) is 22.2. The van der Waals surface area contributed by atoms with Crippen molar-refractivity contribution in [1.82, 2.24) is 23.7 Å². The highest BCUT2D eigenvalue weighted by Gasteiger charge is 2.33. The second-order valence-corrected chi connectivity index (χ2v) is 16.5. The van der Waals surface area contributed by atoms with Gasteiger partial charge in [-0.25, -0.2) is 22.7 Å². The topological polar surface area (TPSA) is 107 Å². The van der Waals surface area contributed by atoms with Crippen LogP contribution in [-0.4, -0.2) is 76.8 Å². The van der Waals surface area contributed by atoms with Crippen molar-refractivity contribution in [2.24, 2.45) is 5.41 Å². The Kier molecular flexibility index (Phi) is 9.30. The fourth-order valence-corrected chi connectivity index (χ4v) is 8.86. The van der Waals surface area contributed by atoms with Gasteiger partial charge in [0.05, 0.1) is 18.1 Å². The maximum absolute atomic E-state index is 12.9. The van der Waals surface area contributed by atoms with E-state index in [0.29, 0.717) is 41.4 Å². The van der Waals surface area contributed by atoms with E-state index in [4.69, 9.17) is 0 Å². The molecule has 252 valence electrons. The number of anilines is 1. The van der Waals surface area contributed by atoms with Crippen molar-refractivity contribution in [1.29, 1.82) is 5.26 Å². The van der Waals surface area contributed by atoms with E-state index in [0.717, 1.165) is 74.0 Å². The predicted molar refractivity (Wildman–Crippen MR) is 179 cm³/mol. The van der Waals surface area contributed by atoms with Crippen molar-refractivity contribution in [3.8, 4) is 6.07 Å². The van der Waals surface area contributed by atoms with Crippen molar-refractivity contribution in [3.63, 3.8) is 0 Å². The van der Waals surface area contributed by atoms with Gasteiger partial charge in [0, 0.05) is 61.1 Å². The van der Waals surface area contributed by atoms with Crippen LogP contribution in [0.15, 0.2) is 30.6 Å². The minimum atomic E-state index is -4.26. The summed E-state index contributed by atoms with van der Waals surface area (Å²) in [5, 5.41) is 15.2. The number of thiophene rings is 1. The molecule has 1 aromatic carbocycles. The van der Waals surface area contributed by atoms with Gasteiger partial charge in [0.15, 0.2) is 0 Å². The van der Waals surface area contributed by atoms with Crippen molar-refractivity contribution in [2.75, 3.05) is 37.8 Å². The second-order valence-electron chi connectivity index (χ2n) is 13.4. The molecule has 6 rings (SSSR count). The highest BCUT2D eigenvalue weighted by atomic mass is 32.2. The molecule has 3 aromatic heterocycles. The number of hydrogen-bond donors (Lipinski definition) is 1. The maximum Gasteiger partial charge on any atom is 0.393 e. The van der Waals surface area contributed by atoms with E-state index in [1.165, 1.54) is 23.7 Å². The Bertz CT molecular complexity index is 1910. The first-order valence-corrected chi connectivity index (χ1v) is 18.6. The summed E-state index contributed by atoms with van der Waals surface area (Å²) in [6.07, 6.45) is 1.67.